The van der Waals surface area contributed by atoms with Crippen LogP contribution in [-0.4, -0.2) is 12.0 Å². The van der Waals surface area contributed by atoms with Gasteiger partial charge in [-0.1, -0.05) is 6.42 Å². The Bertz CT molecular complexity index is 119. The second kappa shape index (κ2) is 2.46. The molecule has 0 spiro atoms. The molecule has 1 nitrogen and oxygen atoms in total. The van der Waals surface area contributed by atoms with E-state index in [4.69, 9.17) is 5.73 Å². The standard InChI is InChI=1S/C7H13F2N/c1-5(10)7(8,9)6-3-2-4-6/h5-6H,2-4,10H2,1H3. The first-order valence-electron chi connectivity index (χ1n) is 3.68. The molecule has 10 heavy (non-hydrogen) atoms. The van der Waals surface area contributed by atoms with Crippen molar-refractivity contribution in [3.63, 3.8) is 0 Å². The molecule has 1 unspecified atom stereocenters. The quantitative estimate of drug-likeness (QED) is 0.636. The van der Waals surface area contributed by atoms with Crippen molar-refractivity contribution >= 4 is 0 Å². The van der Waals surface area contributed by atoms with Crippen molar-refractivity contribution < 1.29 is 8.78 Å². The zero-order valence-electron chi connectivity index (χ0n) is 6.11. The summed E-state index contributed by atoms with van der Waals surface area (Å²) in [7, 11) is 0. The van der Waals surface area contributed by atoms with Gasteiger partial charge in [-0.25, -0.2) is 8.78 Å². The fourth-order valence-electron chi connectivity index (χ4n) is 1.16. The fourth-order valence-corrected chi connectivity index (χ4v) is 1.16. The van der Waals surface area contributed by atoms with E-state index in [1.807, 2.05) is 0 Å². The number of nitrogens with two attached hydrogens (primary N) is 1. The van der Waals surface area contributed by atoms with E-state index in [0.717, 1.165) is 6.42 Å². The first-order valence-corrected chi connectivity index (χ1v) is 3.68. The molecule has 0 saturated heterocycles. The summed E-state index contributed by atoms with van der Waals surface area (Å²) in [5.74, 6) is -3.06. The van der Waals surface area contributed by atoms with E-state index in [2.05, 4.69) is 0 Å². The van der Waals surface area contributed by atoms with Gasteiger partial charge in [-0.05, 0) is 19.8 Å². The molecular formula is C7H13F2N. The normalized spacial score (nSPS) is 24.0. The molecule has 0 bridgehead atoms. The van der Waals surface area contributed by atoms with Gasteiger partial charge in [0, 0.05) is 5.92 Å². The van der Waals surface area contributed by atoms with Crippen molar-refractivity contribution in [2.45, 2.75) is 38.2 Å². The molecule has 1 fully saturated rings. The summed E-state index contributed by atoms with van der Waals surface area (Å²) in [4.78, 5) is 0. The van der Waals surface area contributed by atoms with Gasteiger partial charge < -0.3 is 5.73 Å². The highest BCUT2D eigenvalue weighted by Crippen LogP contribution is 2.41. The van der Waals surface area contributed by atoms with Crippen LogP contribution in [-0.2, 0) is 0 Å². The second-order valence-electron chi connectivity index (χ2n) is 3.09. The largest absolute Gasteiger partial charge is 0.323 e. The predicted molar refractivity (Wildman–Crippen MR) is 35.9 cm³/mol. The average Bonchev–Trinajstić information content (AvgIpc) is 1.57. The third-order valence-corrected chi connectivity index (χ3v) is 2.26. The van der Waals surface area contributed by atoms with Crippen LogP contribution in [0.4, 0.5) is 8.78 Å². The van der Waals surface area contributed by atoms with Gasteiger partial charge in [-0.3, -0.25) is 0 Å². The highest BCUT2D eigenvalue weighted by atomic mass is 19.3. The number of rotatable bonds is 2. The molecule has 3 heteroatoms. The minimum absolute atomic E-state index is 0.438. The van der Waals surface area contributed by atoms with Gasteiger partial charge in [0.2, 0.25) is 0 Å². The van der Waals surface area contributed by atoms with E-state index < -0.39 is 17.9 Å². The lowest BCUT2D eigenvalue weighted by molar-refractivity contribution is -0.102. The molecule has 0 aromatic carbocycles. The molecule has 0 radical (unpaired) electrons. The van der Waals surface area contributed by atoms with E-state index in [1.165, 1.54) is 6.92 Å². The van der Waals surface area contributed by atoms with Crippen LogP contribution in [0.25, 0.3) is 0 Å². The van der Waals surface area contributed by atoms with E-state index in [9.17, 15) is 8.78 Å². The zero-order valence-corrected chi connectivity index (χ0v) is 6.11. The number of halogens is 2. The molecule has 0 heterocycles. The minimum Gasteiger partial charge on any atom is -0.323 e. The Hall–Kier alpha value is -0.180. The van der Waals surface area contributed by atoms with Gasteiger partial charge in [0.05, 0.1) is 6.04 Å². The van der Waals surface area contributed by atoms with Crippen LogP contribution in [0.1, 0.15) is 26.2 Å². The van der Waals surface area contributed by atoms with Gasteiger partial charge in [0.25, 0.3) is 5.92 Å². The van der Waals surface area contributed by atoms with Crippen LogP contribution in [0.2, 0.25) is 0 Å². The second-order valence-corrected chi connectivity index (χ2v) is 3.09. The lowest BCUT2D eigenvalue weighted by atomic mass is 9.78. The first-order chi connectivity index (χ1) is 4.55. The maximum atomic E-state index is 12.9. The lowest BCUT2D eigenvalue weighted by Gasteiger charge is -2.35. The molecule has 0 aromatic rings. The van der Waals surface area contributed by atoms with Crippen molar-refractivity contribution in [1.82, 2.24) is 0 Å². The van der Waals surface area contributed by atoms with Crippen LogP contribution >= 0.6 is 0 Å². The Kier molecular flexibility index (Phi) is 1.95. The van der Waals surface area contributed by atoms with E-state index in [0.29, 0.717) is 12.8 Å². The SMILES string of the molecule is CC(N)C(F)(F)C1CCC1. The molecule has 1 saturated carbocycles. The monoisotopic (exact) mass is 149 g/mol. The molecule has 0 aromatic heterocycles. The molecule has 1 rings (SSSR count). The van der Waals surface area contributed by atoms with E-state index >= 15 is 0 Å². The third-order valence-electron chi connectivity index (χ3n) is 2.26. The molecule has 0 aliphatic heterocycles. The summed E-state index contributed by atoms with van der Waals surface area (Å²) in [5.41, 5.74) is 5.13. The third kappa shape index (κ3) is 1.15. The average molecular weight is 149 g/mol. The molecule has 0 amide bonds. The van der Waals surface area contributed by atoms with E-state index in [1.54, 1.807) is 0 Å². The van der Waals surface area contributed by atoms with Crippen LogP contribution < -0.4 is 5.73 Å². The van der Waals surface area contributed by atoms with E-state index in [-0.39, 0.29) is 0 Å². The van der Waals surface area contributed by atoms with Crippen LogP contribution in [0.3, 0.4) is 0 Å². The van der Waals surface area contributed by atoms with Crippen molar-refractivity contribution in [3.05, 3.63) is 0 Å². The lowest BCUT2D eigenvalue weighted by Crippen LogP contribution is -2.46. The summed E-state index contributed by atoms with van der Waals surface area (Å²) in [6.45, 7) is 1.37. The summed E-state index contributed by atoms with van der Waals surface area (Å²) < 4.78 is 25.7. The maximum absolute atomic E-state index is 12.9. The molecule has 60 valence electrons. The molecule has 1 aliphatic rings. The van der Waals surface area contributed by atoms with Crippen LogP contribution in [0.5, 0.6) is 0 Å². The Labute approximate surface area is 59.6 Å². The number of hydrogen-bond donors (Lipinski definition) is 1. The van der Waals surface area contributed by atoms with Crippen LogP contribution in [0, 0.1) is 5.92 Å². The fraction of sp³-hybridized carbons (Fsp3) is 1.00. The van der Waals surface area contributed by atoms with Crippen molar-refractivity contribution in [1.29, 1.82) is 0 Å². The zero-order chi connectivity index (χ0) is 7.78. The number of hydrogen-bond acceptors (Lipinski definition) is 1. The van der Waals surface area contributed by atoms with Gasteiger partial charge >= 0.3 is 0 Å². The van der Waals surface area contributed by atoms with Crippen molar-refractivity contribution in [3.8, 4) is 0 Å². The molecule has 1 aliphatic carbocycles. The number of alkyl halides is 2. The summed E-state index contributed by atoms with van der Waals surface area (Å²) in [6.07, 6.45) is 2.23. The summed E-state index contributed by atoms with van der Waals surface area (Å²) >= 11 is 0. The van der Waals surface area contributed by atoms with Crippen molar-refractivity contribution in [2.75, 3.05) is 0 Å². The minimum atomic E-state index is -2.63. The Morgan fingerprint density at radius 3 is 2.10 bits per heavy atom. The van der Waals surface area contributed by atoms with Gasteiger partial charge in [0.15, 0.2) is 0 Å². The van der Waals surface area contributed by atoms with Gasteiger partial charge in [-0.2, -0.15) is 0 Å². The highest BCUT2D eigenvalue weighted by molar-refractivity contribution is 4.88. The highest BCUT2D eigenvalue weighted by Gasteiger charge is 2.45. The molecule has 2 N–H and O–H groups in total. The smallest absolute Gasteiger partial charge is 0.265 e. The topological polar surface area (TPSA) is 26.0 Å². The summed E-state index contributed by atoms with van der Waals surface area (Å²) in [5, 5.41) is 0. The van der Waals surface area contributed by atoms with Crippen molar-refractivity contribution in [2.24, 2.45) is 11.7 Å². The van der Waals surface area contributed by atoms with Gasteiger partial charge in [0.1, 0.15) is 0 Å². The molecule has 1 atom stereocenters. The summed E-state index contributed by atoms with van der Waals surface area (Å²) in [6, 6.07) is -0.988. The first kappa shape index (κ1) is 7.92. The predicted octanol–water partition coefficient (Wildman–Crippen LogP) is 1.77. The van der Waals surface area contributed by atoms with Crippen LogP contribution in [0.15, 0.2) is 0 Å². The Balaban J connectivity index is 2.48. The Morgan fingerprint density at radius 1 is 1.50 bits per heavy atom. The Morgan fingerprint density at radius 2 is 2.00 bits per heavy atom. The van der Waals surface area contributed by atoms with Gasteiger partial charge in [-0.15, -0.1) is 0 Å². The maximum Gasteiger partial charge on any atom is 0.265 e. The molecular weight excluding hydrogens is 136 g/mol.